The van der Waals surface area contributed by atoms with Crippen molar-refractivity contribution in [2.45, 2.75) is 13.2 Å². The Bertz CT molecular complexity index is 718. The maximum Gasteiger partial charge on any atom is 0.387 e. The molecule has 1 aliphatic heterocycles. The monoisotopic (exact) mass is 375 g/mol. The number of rotatable bonds is 7. The number of amides is 1. The first-order valence-electron chi connectivity index (χ1n) is 8.92. The van der Waals surface area contributed by atoms with Gasteiger partial charge in [0.05, 0.1) is 6.54 Å². The summed E-state index contributed by atoms with van der Waals surface area (Å²) in [6, 6.07) is 16.3. The van der Waals surface area contributed by atoms with Gasteiger partial charge in [-0.2, -0.15) is 8.78 Å². The number of piperazine rings is 1. The Balaban J connectivity index is 1.40. The second-order valence-corrected chi connectivity index (χ2v) is 6.49. The van der Waals surface area contributed by atoms with Crippen LogP contribution in [0.2, 0.25) is 0 Å². The summed E-state index contributed by atoms with van der Waals surface area (Å²) in [4.78, 5) is 16.7. The van der Waals surface area contributed by atoms with Crippen LogP contribution in [0.5, 0.6) is 5.75 Å². The van der Waals surface area contributed by atoms with Crippen LogP contribution < -0.4 is 10.1 Å². The number of nitrogens with one attached hydrogen (secondary N) is 1. The van der Waals surface area contributed by atoms with Gasteiger partial charge >= 0.3 is 6.61 Å². The molecule has 0 radical (unpaired) electrons. The van der Waals surface area contributed by atoms with Crippen molar-refractivity contribution in [1.29, 1.82) is 0 Å². The highest BCUT2D eigenvalue weighted by atomic mass is 19.3. The van der Waals surface area contributed by atoms with E-state index in [1.165, 1.54) is 17.7 Å². The molecule has 1 aliphatic rings. The SMILES string of the molecule is O=C(CN1CCN(Cc2ccccc2)CC1)Nc1ccc(OC(F)F)cc1. The molecule has 5 nitrogen and oxygen atoms in total. The quantitative estimate of drug-likeness (QED) is 0.808. The minimum Gasteiger partial charge on any atom is -0.435 e. The largest absolute Gasteiger partial charge is 0.435 e. The summed E-state index contributed by atoms with van der Waals surface area (Å²) in [7, 11) is 0. The van der Waals surface area contributed by atoms with Gasteiger partial charge in [-0.15, -0.1) is 0 Å². The molecule has 0 aromatic heterocycles. The van der Waals surface area contributed by atoms with Crippen molar-refractivity contribution in [3.8, 4) is 5.75 Å². The van der Waals surface area contributed by atoms with Crippen molar-refractivity contribution >= 4 is 11.6 Å². The van der Waals surface area contributed by atoms with Gasteiger partial charge in [0.1, 0.15) is 5.75 Å². The van der Waals surface area contributed by atoms with Gasteiger partial charge in [-0.3, -0.25) is 14.6 Å². The van der Waals surface area contributed by atoms with E-state index < -0.39 is 6.61 Å². The molecular weight excluding hydrogens is 352 g/mol. The lowest BCUT2D eigenvalue weighted by molar-refractivity contribution is -0.117. The summed E-state index contributed by atoms with van der Waals surface area (Å²) in [6.07, 6.45) is 0. The zero-order valence-electron chi connectivity index (χ0n) is 15.0. The fraction of sp³-hybridized carbons (Fsp3) is 0.350. The molecule has 27 heavy (non-hydrogen) atoms. The van der Waals surface area contributed by atoms with Crippen LogP contribution in [0.1, 0.15) is 5.56 Å². The second-order valence-electron chi connectivity index (χ2n) is 6.49. The van der Waals surface area contributed by atoms with E-state index in [1.807, 2.05) is 18.2 Å². The molecule has 1 fully saturated rings. The van der Waals surface area contributed by atoms with E-state index in [1.54, 1.807) is 12.1 Å². The molecule has 0 unspecified atom stereocenters. The number of halogens is 2. The van der Waals surface area contributed by atoms with E-state index in [-0.39, 0.29) is 11.7 Å². The molecule has 0 atom stereocenters. The lowest BCUT2D eigenvalue weighted by Crippen LogP contribution is -2.48. The van der Waals surface area contributed by atoms with Gasteiger partial charge in [0, 0.05) is 38.4 Å². The fourth-order valence-corrected chi connectivity index (χ4v) is 3.07. The topological polar surface area (TPSA) is 44.8 Å². The predicted molar refractivity (Wildman–Crippen MR) is 99.9 cm³/mol. The number of hydrogen-bond acceptors (Lipinski definition) is 4. The summed E-state index contributed by atoms with van der Waals surface area (Å²) in [5.41, 5.74) is 1.85. The summed E-state index contributed by atoms with van der Waals surface area (Å²) in [5, 5.41) is 2.78. The average Bonchev–Trinajstić information content (AvgIpc) is 2.65. The van der Waals surface area contributed by atoms with Crippen molar-refractivity contribution in [3.63, 3.8) is 0 Å². The molecular formula is C20H23F2N3O2. The van der Waals surface area contributed by atoms with Gasteiger partial charge in [0.2, 0.25) is 5.91 Å². The number of nitrogens with zero attached hydrogens (tertiary/aromatic N) is 2. The van der Waals surface area contributed by atoms with Crippen molar-refractivity contribution in [3.05, 3.63) is 60.2 Å². The smallest absolute Gasteiger partial charge is 0.387 e. The number of alkyl halides is 2. The minimum absolute atomic E-state index is 0.0672. The van der Waals surface area contributed by atoms with E-state index in [0.717, 1.165) is 32.7 Å². The van der Waals surface area contributed by atoms with Gasteiger partial charge in [0.25, 0.3) is 0 Å². The van der Waals surface area contributed by atoms with Crippen molar-refractivity contribution in [2.75, 3.05) is 38.0 Å². The Morgan fingerprint density at radius 3 is 2.22 bits per heavy atom. The van der Waals surface area contributed by atoms with Crippen LogP contribution in [0.25, 0.3) is 0 Å². The minimum atomic E-state index is -2.86. The Morgan fingerprint density at radius 1 is 0.963 bits per heavy atom. The molecule has 144 valence electrons. The molecule has 7 heteroatoms. The van der Waals surface area contributed by atoms with Crippen molar-refractivity contribution < 1.29 is 18.3 Å². The standard InChI is InChI=1S/C20H23F2N3O2/c21-20(22)27-18-8-6-17(7-9-18)23-19(26)15-25-12-10-24(11-13-25)14-16-4-2-1-3-5-16/h1-9,20H,10-15H2,(H,23,26). The van der Waals surface area contributed by atoms with Gasteiger partial charge < -0.3 is 10.1 Å². The third kappa shape index (κ3) is 6.30. The molecule has 1 saturated heterocycles. The van der Waals surface area contributed by atoms with Crippen LogP contribution in [-0.4, -0.2) is 55.0 Å². The Labute approximate surface area is 157 Å². The van der Waals surface area contributed by atoms with Crippen LogP contribution in [0.4, 0.5) is 14.5 Å². The Hall–Kier alpha value is -2.51. The lowest BCUT2D eigenvalue weighted by atomic mass is 10.2. The fourth-order valence-electron chi connectivity index (χ4n) is 3.07. The van der Waals surface area contributed by atoms with E-state index in [9.17, 15) is 13.6 Å². The van der Waals surface area contributed by atoms with Crippen LogP contribution in [0.15, 0.2) is 54.6 Å². The molecule has 0 spiro atoms. The van der Waals surface area contributed by atoms with Gasteiger partial charge in [0.15, 0.2) is 0 Å². The molecule has 1 amide bonds. The lowest BCUT2D eigenvalue weighted by Gasteiger charge is -2.34. The highest BCUT2D eigenvalue weighted by Gasteiger charge is 2.19. The first-order chi connectivity index (χ1) is 13.1. The number of anilines is 1. The summed E-state index contributed by atoms with van der Waals surface area (Å²) < 4.78 is 28.6. The van der Waals surface area contributed by atoms with Crippen molar-refractivity contribution in [1.82, 2.24) is 9.80 Å². The van der Waals surface area contributed by atoms with Gasteiger partial charge in [-0.25, -0.2) is 0 Å². The van der Waals surface area contributed by atoms with Crippen LogP contribution in [0, 0.1) is 0 Å². The van der Waals surface area contributed by atoms with Gasteiger partial charge in [-0.1, -0.05) is 30.3 Å². The molecule has 2 aromatic rings. The number of ether oxygens (including phenoxy) is 1. The van der Waals surface area contributed by atoms with E-state index in [2.05, 4.69) is 32.0 Å². The molecule has 0 aliphatic carbocycles. The van der Waals surface area contributed by atoms with E-state index in [0.29, 0.717) is 12.2 Å². The molecule has 1 N–H and O–H groups in total. The number of hydrogen-bond donors (Lipinski definition) is 1. The van der Waals surface area contributed by atoms with Crippen LogP contribution >= 0.6 is 0 Å². The zero-order chi connectivity index (χ0) is 19.1. The molecule has 0 saturated carbocycles. The third-order valence-electron chi connectivity index (χ3n) is 4.44. The van der Waals surface area contributed by atoms with E-state index >= 15 is 0 Å². The molecule has 0 bridgehead atoms. The number of carbonyl (C=O) groups excluding carboxylic acids is 1. The first kappa shape index (κ1) is 19.3. The zero-order valence-corrected chi connectivity index (χ0v) is 15.0. The maximum atomic E-state index is 12.2. The molecule has 3 rings (SSSR count). The Morgan fingerprint density at radius 2 is 1.59 bits per heavy atom. The summed E-state index contributed by atoms with van der Waals surface area (Å²) in [5.74, 6) is -0.0495. The first-order valence-corrected chi connectivity index (χ1v) is 8.92. The number of carbonyl (C=O) groups is 1. The van der Waals surface area contributed by atoms with E-state index in [4.69, 9.17) is 0 Å². The van der Waals surface area contributed by atoms with Gasteiger partial charge in [-0.05, 0) is 29.8 Å². The predicted octanol–water partition coefficient (Wildman–Crippen LogP) is 3.04. The average molecular weight is 375 g/mol. The number of benzene rings is 2. The normalized spacial score (nSPS) is 15.7. The summed E-state index contributed by atoms with van der Waals surface area (Å²) >= 11 is 0. The maximum absolute atomic E-state index is 12.2. The van der Waals surface area contributed by atoms with Crippen LogP contribution in [0.3, 0.4) is 0 Å². The Kier molecular flexibility index (Phi) is 6.73. The van der Waals surface area contributed by atoms with Crippen LogP contribution in [-0.2, 0) is 11.3 Å². The van der Waals surface area contributed by atoms with Crippen molar-refractivity contribution in [2.24, 2.45) is 0 Å². The third-order valence-corrected chi connectivity index (χ3v) is 4.44. The second kappa shape index (κ2) is 9.43. The molecule has 1 heterocycles. The molecule has 2 aromatic carbocycles. The highest BCUT2D eigenvalue weighted by molar-refractivity contribution is 5.92. The highest BCUT2D eigenvalue weighted by Crippen LogP contribution is 2.17. The summed E-state index contributed by atoms with van der Waals surface area (Å²) in [6.45, 7) is 1.89.